The molecular formula is C15H27NO4. The molecule has 0 saturated carbocycles. The molecule has 1 amide bonds. The van der Waals surface area contributed by atoms with Crippen molar-refractivity contribution in [2.75, 3.05) is 7.11 Å². The number of carbonyl (C=O) groups excluding carboxylic acids is 2. The Bertz CT molecular complexity index is 361. The van der Waals surface area contributed by atoms with Gasteiger partial charge >= 0.3 is 12.1 Å². The molecule has 0 aliphatic carbocycles. The smallest absolute Gasteiger partial charge is 0.411 e. The molecule has 5 nitrogen and oxygen atoms in total. The summed E-state index contributed by atoms with van der Waals surface area (Å²) in [5.41, 5.74) is -0.569. The van der Waals surface area contributed by atoms with E-state index in [1.54, 1.807) is 4.90 Å². The zero-order valence-corrected chi connectivity index (χ0v) is 13.4. The first-order chi connectivity index (χ1) is 9.21. The zero-order valence-electron chi connectivity index (χ0n) is 13.4. The van der Waals surface area contributed by atoms with Crippen LogP contribution in [-0.4, -0.2) is 41.8 Å². The van der Waals surface area contributed by atoms with E-state index in [1.165, 1.54) is 7.11 Å². The predicted octanol–water partition coefficient (Wildman–Crippen LogP) is 2.97. The number of rotatable bonds is 3. The highest BCUT2D eigenvalue weighted by atomic mass is 16.6. The predicted molar refractivity (Wildman–Crippen MR) is 76.4 cm³/mol. The highest BCUT2D eigenvalue weighted by molar-refractivity contribution is 5.82. The van der Waals surface area contributed by atoms with Crippen LogP contribution in [0.2, 0.25) is 0 Å². The molecule has 1 aliphatic heterocycles. The second-order valence-electron chi connectivity index (χ2n) is 6.50. The summed E-state index contributed by atoms with van der Waals surface area (Å²) in [7, 11) is 1.35. The number of methoxy groups -OCH3 is 1. The van der Waals surface area contributed by atoms with Crippen molar-refractivity contribution in [2.24, 2.45) is 5.92 Å². The van der Waals surface area contributed by atoms with E-state index in [0.717, 1.165) is 12.8 Å². The van der Waals surface area contributed by atoms with Crippen LogP contribution in [0.3, 0.4) is 0 Å². The Kier molecular flexibility index (Phi) is 5.42. The quantitative estimate of drug-likeness (QED) is 0.748. The summed E-state index contributed by atoms with van der Waals surface area (Å²) >= 11 is 0. The summed E-state index contributed by atoms with van der Waals surface area (Å²) < 4.78 is 10.3. The van der Waals surface area contributed by atoms with Gasteiger partial charge in [-0.05, 0) is 39.5 Å². The largest absolute Gasteiger partial charge is 0.467 e. The van der Waals surface area contributed by atoms with Gasteiger partial charge in [0.25, 0.3) is 0 Å². The summed E-state index contributed by atoms with van der Waals surface area (Å²) in [6, 6.07) is -0.486. The van der Waals surface area contributed by atoms with Crippen molar-refractivity contribution in [1.29, 1.82) is 0 Å². The summed E-state index contributed by atoms with van der Waals surface area (Å²) in [5.74, 6) is -0.0899. The molecule has 1 saturated heterocycles. The van der Waals surface area contributed by atoms with Gasteiger partial charge < -0.3 is 9.47 Å². The number of ether oxygens (including phenoxy) is 2. The summed E-state index contributed by atoms with van der Waals surface area (Å²) in [6.45, 7) is 9.62. The number of nitrogens with zero attached hydrogens (tertiary/aromatic N) is 1. The van der Waals surface area contributed by atoms with Gasteiger partial charge in [0.15, 0.2) is 0 Å². The number of esters is 1. The molecule has 1 fully saturated rings. The normalized spacial score (nSPS) is 26.5. The second kappa shape index (κ2) is 6.46. The lowest BCUT2D eigenvalue weighted by Gasteiger charge is -2.32. The molecule has 0 radical (unpaired) electrons. The molecule has 0 N–H and O–H groups in total. The van der Waals surface area contributed by atoms with Crippen LogP contribution in [0.5, 0.6) is 0 Å². The lowest BCUT2D eigenvalue weighted by atomic mass is 9.98. The number of amides is 1. The molecule has 0 aromatic rings. The van der Waals surface area contributed by atoms with E-state index in [1.807, 2.05) is 20.8 Å². The van der Waals surface area contributed by atoms with Gasteiger partial charge in [-0.2, -0.15) is 0 Å². The fourth-order valence-electron chi connectivity index (χ4n) is 2.77. The highest BCUT2D eigenvalue weighted by Crippen LogP contribution is 2.34. The Morgan fingerprint density at radius 3 is 2.35 bits per heavy atom. The average molecular weight is 285 g/mol. The van der Waals surface area contributed by atoms with Crippen molar-refractivity contribution < 1.29 is 19.1 Å². The van der Waals surface area contributed by atoms with Crippen molar-refractivity contribution >= 4 is 12.1 Å². The molecule has 20 heavy (non-hydrogen) atoms. The van der Waals surface area contributed by atoms with Crippen LogP contribution in [0.4, 0.5) is 4.79 Å². The van der Waals surface area contributed by atoms with Crippen LogP contribution in [0.15, 0.2) is 0 Å². The molecule has 1 rings (SSSR count). The fraction of sp³-hybridized carbons (Fsp3) is 0.867. The Morgan fingerprint density at radius 2 is 1.90 bits per heavy atom. The number of hydrogen-bond acceptors (Lipinski definition) is 4. The third-order valence-corrected chi connectivity index (χ3v) is 3.61. The van der Waals surface area contributed by atoms with Crippen molar-refractivity contribution in [3.8, 4) is 0 Å². The van der Waals surface area contributed by atoms with Gasteiger partial charge in [-0.25, -0.2) is 9.59 Å². The van der Waals surface area contributed by atoms with Crippen LogP contribution >= 0.6 is 0 Å². The second-order valence-corrected chi connectivity index (χ2v) is 6.50. The van der Waals surface area contributed by atoms with Crippen molar-refractivity contribution in [3.63, 3.8) is 0 Å². The number of likely N-dealkylation sites (tertiary alicyclic amines) is 1. The molecular weight excluding hydrogens is 258 g/mol. The van der Waals surface area contributed by atoms with E-state index in [2.05, 4.69) is 13.8 Å². The SMILES string of the molecule is CCC[C@H]1[C@@H](C)C[C@H](C(=O)OC)N1C(=O)OC(C)(C)C. The van der Waals surface area contributed by atoms with Gasteiger partial charge in [0.05, 0.1) is 7.11 Å². The summed E-state index contributed by atoms with van der Waals surface area (Å²) in [5, 5.41) is 0. The Labute approximate surface area is 121 Å². The molecule has 0 spiro atoms. The molecule has 1 heterocycles. The molecule has 0 aromatic heterocycles. The van der Waals surface area contributed by atoms with Crippen molar-refractivity contribution in [1.82, 2.24) is 4.90 Å². The van der Waals surface area contributed by atoms with Gasteiger partial charge in [-0.15, -0.1) is 0 Å². The maximum atomic E-state index is 12.4. The van der Waals surface area contributed by atoms with E-state index >= 15 is 0 Å². The van der Waals surface area contributed by atoms with Gasteiger partial charge in [0.1, 0.15) is 11.6 Å². The minimum Gasteiger partial charge on any atom is -0.467 e. The first-order valence-corrected chi connectivity index (χ1v) is 7.30. The van der Waals surface area contributed by atoms with Gasteiger partial charge in [0, 0.05) is 6.04 Å². The Morgan fingerprint density at radius 1 is 1.30 bits per heavy atom. The van der Waals surface area contributed by atoms with Gasteiger partial charge in [-0.1, -0.05) is 20.3 Å². The molecule has 0 bridgehead atoms. The topological polar surface area (TPSA) is 55.8 Å². The van der Waals surface area contributed by atoms with Crippen molar-refractivity contribution in [2.45, 2.75) is 71.6 Å². The molecule has 5 heteroatoms. The van der Waals surface area contributed by atoms with E-state index in [4.69, 9.17) is 9.47 Å². The summed E-state index contributed by atoms with van der Waals surface area (Å²) in [4.78, 5) is 25.9. The third kappa shape index (κ3) is 3.87. The molecule has 3 atom stereocenters. The van der Waals surface area contributed by atoms with Crippen LogP contribution in [0.25, 0.3) is 0 Å². The zero-order chi connectivity index (χ0) is 15.5. The van der Waals surface area contributed by atoms with E-state index in [9.17, 15) is 9.59 Å². The van der Waals surface area contributed by atoms with Gasteiger partial charge in [0.2, 0.25) is 0 Å². The van der Waals surface area contributed by atoms with Crippen LogP contribution in [-0.2, 0) is 14.3 Å². The number of carbonyl (C=O) groups is 2. The molecule has 1 aliphatic rings. The number of hydrogen-bond donors (Lipinski definition) is 0. The summed E-state index contributed by atoms with van der Waals surface area (Å²) in [6.07, 6.45) is 2.04. The maximum Gasteiger partial charge on any atom is 0.411 e. The van der Waals surface area contributed by atoms with Gasteiger partial charge in [-0.3, -0.25) is 4.90 Å². The standard InChI is InChI=1S/C15H27NO4/c1-7-8-11-10(2)9-12(13(17)19-6)16(11)14(18)20-15(3,4)5/h10-12H,7-9H2,1-6H3/t10-,11-,12+/m0/s1. The molecule has 116 valence electrons. The van der Waals surface area contributed by atoms with E-state index in [0.29, 0.717) is 6.42 Å². The first kappa shape index (κ1) is 16.8. The minimum absolute atomic E-state index is 0.0407. The van der Waals surface area contributed by atoms with E-state index < -0.39 is 17.7 Å². The van der Waals surface area contributed by atoms with Crippen molar-refractivity contribution in [3.05, 3.63) is 0 Å². The van der Waals surface area contributed by atoms with Crippen LogP contribution < -0.4 is 0 Å². The third-order valence-electron chi connectivity index (χ3n) is 3.61. The monoisotopic (exact) mass is 285 g/mol. The maximum absolute atomic E-state index is 12.4. The fourth-order valence-corrected chi connectivity index (χ4v) is 2.77. The van der Waals surface area contributed by atoms with Crippen LogP contribution in [0.1, 0.15) is 53.9 Å². The minimum atomic E-state index is -0.569. The Hall–Kier alpha value is -1.26. The Balaban J connectivity index is 2.97. The lowest BCUT2D eigenvalue weighted by Crippen LogP contribution is -2.48. The average Bonchev–Trinajstić information content (AvgIpc) is 2.64. The highest BCUT2D eigenvalue weighted by Gasteiger charge is 2.46. The molecule has 0 aromatic carbocycles. The van der Waals surface area contributed by atoms with Crippen LogP contribution in [0, 0.1) is 5.92 Å². The first-order valence-electron chi connectivity index (χ1n) is 7.30. The lowest BCUT2D eigenvalue weighted by molar-refractivity contribution is -0.146. The van der Waals surface area contributed by atoms with E-state index in [-0.39, 0.29) is 17.9 Å². The molecule has 0 unspecified atom stereocenters.